The fraction of sp³-hybridized carbons (Fsp3) is 0.976. The molecule has 0 aliphatic rings. The summed E-state index contributed by atoms with van der Waals surface area (Å²) in [6, 6.07) is -0.751. The number of phosphoric ester groups is 1. The van der Waals surface area contributed by atoms with E-state index in [1.807, 2.05) is 21.1 Å². The van der Waals surface area contributed by atoms with Gasteiger partial charge in [0.05, 0.1) is 39.9 Å². The van der Waals surface area contributed by atoms with Gasteiger partial charge in [-0.25, -0.2) is 4.57 Å². The Bertz CT molecular complexity index is 794. The third-order valence-electron chi connectivity index (χ3n) is 9.86. The first-order valence-corrected chi connectivity index (χ1v) is 22.9. The zero-order valence-electron chi connectivity index (χ0n) is 33.9. The summed E-state index contributed by atoms with van der Waals surface area (Å²) in [6.45, 7) is 4.89. The van der Waals surface area contributed by atoms with Gasteiger partial charge >= 0.3 is 7.82 Å². The third kappa shape index (κ3) is 35.9. The summed E-state index contributed by atoms with van der Waals surface area (Å²) in [6.07, 6.45) is 35.5. The van der Waals surface area contributed by atoms with Crippen LogP contribution in [-0.4, -0.2) is 73.4 Å². The lowest BCUT2D eigenvalue weighted by Crippen LogP contribution is -2.46. The molecule has 0 bridgehead atoms. The number of likely N-dealkylation sites (N-methyl/N-ethyl adjacent to an activating group) is 1. The second kappa shape index (κ2) is 34.3. The lowest BCUT2D eigenvalue weighted by molar-refractivity contribution is -0.870. The molecule has 0 saturated carbocycles. The first-order valence-electron chi connectivity index (χ1n) is 21.4. The molecule has 8 nitrogen and oxygen atoms in total. The monoisotopic (exact) mass is 734 g/mol. The molecule has 9 heteroatoms. The van der Waals surface area contributed by atoms with Gasteiger partial charge in [-0.05, 0) is 12.8 Å². The zero-order valence-corrected chi connectivity index (χ0v) is 34.8. The molecule has 0 aromatic carbocycles. The first kappa shape index (κ1) is 49.5. The highest BCUT2D eigenvalue weighted by atomic mass is 31.2. The minimum Gasteiger partial charge on any atom is -0.391 e. The Morgan fingerprint density at radius 3 is 1.34 bits per heavy atom. The minimum atomic E-state index is -4.30. The van der Waals surface area contributed by atoms with Crippen LogP contribution >= 0.6 is 7.82 Å². The SMILES string of the molecule is CCCCCCCCCCCCCCCCCCCC(O)C(COP(=O)(O)OCC[N+](C)(C)C)NC(=O)CCCCCCCCCCCCC. The Labute approximate surface area is 310 Å². The number of nitrogens with zero attached hydrogens (tertiary/aromatic N) is 1. The van der Waals surface area contributed by atoms with E-state index in [9.17, 15) is 19.4 Å². The summed E-state index contributed by atoms with van der Waals surface area (Å²) >= 11 is 0. The van der Waals surface area contributed by atoms with Crippen LogP contribution in [0.4, 0.5) is 0 Å². The largest absolute Gasteiger partial charge is 0.472 e. The van der Waals surface area contributed by atoms with E-state index in [2.05, 4.69) is 19.2 Å². The van der Waals surface area contributed by atoms with Gasteiger partial charge in [0, 0.05) is 6.42 Å². The average molecular weight is 734 g/mol. The van der Waals surface area contributed by atoms with Crippen molar-refractivity contribution in [3.05, 3.63) is 0 Å². The second-order valence-electron chi connectivity index (χ2n) is 16.1. The molecule has 0 saturated heterocycles. The van der Waals surface area contributed by atoms with Crippen LogP contribution in [-0.2, 0) is 18.4 Å². The highest BCUT2D eigenvalue weighted by molar-refractivity contribution is 7.47. The molecule has 0 rings (SSSR count). The summed E-state index contributed by atoms with van der Waals surface area (Å²) in [7, 11) is 1.63. The Morgan fingerprint density at radius 1 is 0.600 bits per heavy atom. The van der Waals surface area contributed by atoms with Gasteiger partial charge in [0.25, 0.3) is 0 Å². The van der Waals surface area contributed by atoms with Gasteiger partial charge in [-0.15, -0.1) is 0 Å². The van der Waals surface area contributed by atoms with Crippen molar-refractivity contribution in [2.24, 2.45) is 0 Å². The molecule has 0 aromatic heterocycles. The quantitative estimate of drug-likeness (QED) is 0.0330. The van der Waals surface area contributed by atoms with Gasteiger partial charge in [0.2, 0.25) is 5.91 Å². The predicted octanol–water partition coefficient (Wildman–Crippen LogP) is 11.4. The van der Waals surface area contributed by atoms with Gasteiger partial charge in [0.15, 0.2) is 0 Å². The van der Waals surface area contributed by atoms with Gasteiger partial charge in [0.1, 0.15) is 13.2 Å². The number of unbranched alkanes of at least 4 members (excludes halogenated alkanes) is 26. The van der Waals surface area contributed by atoms with Crippen LogP contribution in [0.2, 0.25) is 0 Å². The van der Waals surface area contributed by atoms with Crippen molar-refractivity contribution in [3.8, 4) is 0 Å². The lowest BCUT2D eigenvalue weighted by atomic mass is 10.0. The maximum absolute atomic E-state index is 12.8. The van der Waals surface area contributed by atoms with Crippen LogP contribution < -0.4 is 5.32 Å². The number of aliphatic hydroxyl groups excluding tert-OH is 1. The van der Waals surface area contributed by atoms with E-state index in [1.165, 1.54) is 141 Å². The molecule has 0 aromatic rings. The standard InChI is InChI=1S/C41H85N2O6P/c1-6-8-10-12-14-16-18-19-20-21-22-23-25-26-28-30-32-34-40(44)39(38-49-50(46,47)48-37-36-43(3,4)5)42-41(45)35-33-31-29-27-24-17-15-13-11-9-7-2/h39-40,44H,6-38H2,1-5H3,(H-,42,45,46,47)/p+1. The second-order valence-corrected chi connectivity index (χ2v) is 17.5. The van der Waals surface area contributed by atoms with Gasteiger partial charge in [-0.2, -0.15) is 0 Å². The number of quaternary nitrogens is 1. The number of phosphoric acid groups is 1. The van der Waals surface area contributed by atoms with Crippen LogP contribution in [0.3, 0.4) is 0 Å². The van der Waals surface area contributed by atoms with Crippen molar-refractivity contribution in [1.29, 1.82) is 0 Å². The van der Waals surface area contributed by atoms with Gasteiger partial charge < -0.3 is 19.8 Å². The number of nitrogens with one attached hydrogen (secondary N) is 1. The van der Waals surface area contributed by atoms with E-state index in [4.69, 9.17) is 9.05 Å². The molecule has 3 unspecified atom stereocenters. The summed E-state index contributed by atoms with van der Waals surface area (Å²) in [5.41, 5.74) is 0. The lowest BCUT2D eigenvalue weighted by Gasteiger charge is -2.26. The summed E-state index contributed by atoms with van der Waals surface area (Å²) in [5.74, 6) is -0.144. The minimum absolute atomic E-state index is 0.0783. The predicted molar refractivity (Wildman–Crippen MR) is 212 cm³/mol. The van der Waals surface area contributed by atoms with Crippen molar-refractivity contribution >= 4 is 13.7 Å². The van der Waals surface area contributed by atoms with E-state index in [-0.39, 0.29) is 19.1 Å². The molecule has 0 aliphatic carbocycles. The number of amides is 1. The Kier molecular flexibility index (Phi) is 33.9. The molecule has 50 heavy (non-hydrogen) atoms. The van der Waals surface area contributed by atoms with Crippen molar-refractivity contribution in [3.63, 3.8) is 0 Å². The molecule has 0 heterocycles. The molecule has 3 N–H and O–H groups in total. The average Bonchev–Trinajstić information content (AvgIpc) is 3.06. The molecule has 0 fully saturated rings. The van der Waals surface area contributed by atoms with Crippen molar-refractivity contribution in [1.82, 2.24) is 5.32 Å². The Hall–Kier alpha value is -0.500. The Balaban J connectivity index is 4.34. The number of carbonyl (C=O) groups is 1. The van der Waals surface area contributed by atoms with E-state index in [0.29, 0.717) is 23.9 Å². The van der Waals surface area contributed by atoms with Crippen LogP contribution in [0.25, 0.3) is 0 Å². The third-order valence-corrected chi connectivity index (χ3v) is 10.8. The topological polar surface area (TPSA) is 105 Å². The number of hydrogen-bond donors (Lipinski definition) is 3. The van der Waals surface area contributed by atoms with E-state index >= 15 is 0 Å². The van der Waals surface area contributed by atoms with E-state index < -0.39 is 20.0 Å². The zero-order chi connectivity index (χ0) is 37.2. The number of aliphatic hydroxyl groups is 1. The number of carbonyl (C=O) groups excluding carboxylic acids is 1. The summed E-state index contributed by atoms with van der Waals surface area (Å²) < 4.78 is 23.6. The number of rotatable bonds is 39. The normalized spacial score (nSPS) is 14.5. The molecule has 300 valence electrons. The maximum atomic E-state index is 12.8. The van der Waals surface area contributed by atoms with Gasteiger partial charge in [-0.3, -0.25) is 13.8 Å². The fourth-order valence-electron chi connectivity index (χ4n) is 6.40. The highest BCUT2D eigenvalue weighted by Crippen LogP contribution is 2.43. The van der Waals surface area contributed by atoms with Crippen LogP contribution in [0, 0.1) is 0 Å². The van der Waals surface area contributed by atoms with Crippen LogP contribution in [0.15, 0.2) is 0 Å². The fourth-order valence-corrected chi connectivity index (χ4v) is 7.13. The first-order chi connectivity index (χ1) is 24.0. The summed E-state index contributed by atoms with van der Waals surface area (Å²) in [4.78, 5) is 23.0. The molecule has 3 atom stereocenters. The molecule has 0 spiro atoms. The van der Waals surface area contributed by atoms with Crippen molar-refractivity contribution < 1.29 is 32.9 Å². The Morgan fingerprint density at radius 2 is 0.960 bits per heavy atom. The van der Waals surface area contributed by atoms with Crippen LogP contribution in [0.5, 0.6) is 0 Å². The van der Waals surface area contributed by atoms with Crippen molar-refractivity contribution in [2.45, 2.75) is 219 Å². The highest BCUT2D eigenvalue weighted by Gasteiger charge is 2.28. The maximum Gasteiger partial charge on any atom is 0.472 e. The molecular formula is C41H86N2O6P+. The molecular weight excluding hydrogens is 647 g/mol. The van der Waals surface area contributed by atoms with Crippen molar-refractivity contribution in [2.75, 3.05) is 40.9 Å². The van der Waals surface area contributed by atoms with E-state index in [0.717, 1.165) is 38.5 Å². The number of hydrogen-bond acceptors (Lipinski definition) is 5. The van der Waals surface area contributed by atoms with Gasteiger partial charge in [-0.1, -0.05) is 187 Å². The van der Waals surface area contributed by atoms with E-state index in [1.54, 1.807) is 0 Å². The molecule has 0 aliphatic heterocycles. The smallest absolute Gasteiger partial charge is 0.391 e. The van der Waals surface area contributed by atoms with Crippen LogP contribution in [0.1, 0.15) is 206 Å². The molecule has 0 radical (unpaired) electrons. The summed E-state index contributed by atoms with van der Waals surface area (Å²) in [5, 5.41) is 13.9. The molecule has 1 amide bonds.